The van der Waals surface area contributed by atoms with E-state index in [1.165, 1.54) is 27.8 Å². The van der Waals surface area contributed by atoms with E-state index in [-0.39, 0.29) is 0 Å². The maximum absolute atomic E-state index is 4.43. The molecule has 1 N–H and O–H groups in total. The zero-order chi connectivity index (χ0) is 10.7. The van der Waals surface area contributed by atoms with E-state index in [0.29, 0.717) is 5.92 Å². The van der Waals surface area contributed by atoms with E-state index in [0.717, 1.165) is 12.6 Å². The number of thioether (sulfide) groups is 1. The van der Waals surface area contributed by atoms with Gasteiger partial charge in [-0.05, 0) is 19.1 Å². The highest BCUT2D eigenvalue weighted by Crippen LogP contribution is 2.22. The van der Waals surface area contributed by atoms with Crippen LogP contribution in [0.1, 0.15) is 29.1 Å². The third-order valence-corrected chi connectivity index (χ3v) is 5.01. The van der Waals surface area contributed by atoms with Crippen LogP contribution < -0.4 is 5.32 Å². The van der Waals surface area contributed by atoms with Crippen molar-refractivity contribution in [3.8, 4) is 0 Å². The zero-order valence-electron chi connectivity index (χ0n) is 9.32. The second kappa shape index (κ2) is 5.32. The Bertz CT molecular complexity index is 305. The Kier molecular flexibility index (Phi) is 4.05. The Morgan fingerprint density at radius 3 is 3.13 bits per heavy atom. The van der Waals surface area contributed by atoms with Crippen LogP contribution in [0.25, 0.3) is 0 Å². The van der Waals surface area contributed by atoms with Crippen LogP contribution in [0.4, 0.5) is 0 Å². The minimum Gasteiger partial charge on any atom is -0.312 e. The van der Waals surface area contributed by atoms with Crippen LogP contribution in [0.3, 0.4) is 0 Å². The molecule has 0 aliphatic carbocycles. The first kappa shape index (κ1) is 11.4. The fourth-order valence-corrected chi connectivity index (χ4v) is 3.74. The quantitative estimate of drug-likeness (QED) is 0.878. The third-order valence-electron chi connectivity index (χ3n) is 2.70. The van der Waals surface area contributed by atoms with Gasteiger partial charge in [0.1, 0.15) is 0 Å². The highest BCUT2D eigenvalue weighted by atomic mass is 32.2. The highest BCUT2D eigenvalue weighted by Gasteiger charge is 2.16. The molecule has 0 amide bonds. The van der Waals surface area contributed by atoms with Crippen molar-refractivity contribution in [1.82, 2.24) is 10.3 Å². The van der Waals surface area contributed by atoms with Gasteiger partial charge in [0, 0.05) is 35.3 Å². The summed E-state index contributed by atoms with van der Waals surface area (Å²) in [6.45, 7) is 5.44. The van der Waals surface area contributed by atoms with Crippen LogP contribution in [0.2, 0.25) is 0 Å². The van der Waals surface area contributed by atoms with Crippen LogP contribution in [-0.4, -0.2) is 29.1 Å². The van der Waals surface area contributed by atoms with Gasteiger partial charge in [-0.3, -0.25) is 0 Å². The normalized spacial score (nSPS) is 23.2. The van der Waals surface area contributed by atoms with Gasteiger partial charge >= 0.3 is 0 Å². The van der Waals surface area contributed by atoms with Crippen molar-refractivity contribution in [3.63, 3.8) is 0 Å². The van der Waals surface area contributed by atoms with E-state index in [4.69, 9.17) is 0 Å². The van der Waals surface area contributed by atoms with Crippen molar-refractivity contribution in [3.05, 3.63) is 16.1 Å². The smallest absolute Gasteiger partial charge is 0.0968 e. The summed E-state index contributed by atoms with van der Waals surface area (Å²) in [5, 5.41) is 4.90. The lowest BCUT2D eigenvalue weighted by Crippen LogP contribution is -2.31. The van der Waals surface area contributed by atoms with Gasteiger partial charge in [-0.1, -0.05) is 6.92 Å². The first-order valence-electron chi connectivity index (χ1n) is 5.49. The van der Waals surface area contributed by atoms with E-state index in [1.54, 1.807) is 0 Å². The van der Waals surface area contributed by atoms with Crippen molar-refractivity contribution >= 4 is 23.1 Å². The van der Waals surface area contributed by atoms with E-state index < -0.39 is 0 Å². The molecule has 0 saturated carbocycles. The van der Waals surface area contributed by atoms with Crippen LogP contribution in [0, 0.1) is 6.92 Å². The Morgan fingerprint density at radius 2 is 2.53 bits per heavy atom. The number of aryl methyl sites for hydroxylation is 1. The summed E-state index contributed by atoms with van der Waals surface area (Å²) in [5.74, 6) is 3.15. The van der Waals surface area contributed by atoms with Crippen molar-refractivity contribution in [1.29, 1.82) is 0 Å². The van der Waals surface area contributed by atoms with Crippen molar-refractivity contribution in [2.75, 3.05) is 18.1 Å². The molecule has 1 aliphatic heterocycles. The monoisotopic (exact) mass is 242 g/mol. The number of nitrogens with one attached hydrogen (secondary N) is 1. The number of nitrogens with zero attached hydrogens (tertiary/aromatic N) is 1. The summed E-state index contributed by atoms with van der Waals surface area (Å²) in [6.07, 6.45) is 3.30. The highest BCUT2D eigenvalue weighted by molar-refractivity contribution is 7.99. The summed E-state index contributed by atoms with van der Waals surface area (Å²) in [7, 11) is 0. The lowest BCUT2D eigenvalue weighted by atomic mass is 10.1. The fourth-order valence-electron chi connectivity index (χ4n) is 1.73. The number of thiazole rings is 1. The van der Waals surface area contributed by atoms with Crippen LogP contribution in [0.5, 0.6) is 0 Å². The molecule has 1 aromatic rings. The molecule has 1 aromatic heterocycles. The SMILES string of the molecule is Cc1cnc(C(C)CNC2CCSC2)s1. The van der Waals surface area contributed by atoms with E-state index >= 15 is 0 Å². The van der Waals surface area contributed by atoms with E-state index in [2.05, 4.69) is 35.9 Å². The Labute approximate surface area is 99.9 Å². The topological polar surface area (TPSA) is 24.9 Å². The Morgan fingerprint density at radius 1 is 1.67 bits per heavy atom. The molecule has 2 heterocycles. The molecule has 15 heavy (non-hydrogen) atoms. The van der Waals surface area contributed by atoms with Gasteiger partial charge in [0.05, 0.1) is 5.01 Å². The van der Waals surface area contributed by atoms with Crippen molar-refractivity contribution in [2.45, 2.75) is 32.2 Å². The number of hydrogen-bond acceptors (Lipinski definition) is 4. The molecule has 1 fully saturated rings. The maximum Gasteiger partial charge on any atom is 0.0968 e. The largest absolute Gasteiger partial charge is 0.312 e. The molecular formula is C11H18N2S2. The molecule has 1 aliphatic rings. The molecule has 0 radical (unpaired) electrons. The Hall–Kier alpha value is -0.0600. The molecule has 4 heteroatoms. The van der Waals surface area contributed by atoms with Crippen molar-refractivity contribution < 1.29 is 0 Å². The second-order valence-corrected chi connectivity index (χ2v) is 6.60. The first-order chi connectivity index (χ1) is 7.25. The second-order valence-electron chi connectivity index (χ2n) is 4.18. The molecule has 2 unspecified atom stereocenters. The maximum atomic E-state index is 4.43. The first-order valence-corrected chi connectivity index (χ1v) is 7.46. The fraction of sp³-hybridized carbons (Fsp3) is 0.727. The van der Waals surface area contributed by atoms with Crippen LogP contribution >= 0.6 is 23.1 Å². The average Bonchev–Trinajstić information content (AvgIpc) is 2.84. The molecule has 0 spiro atoms. The van der Waals surface area contributed by atoms with Crippen molar-refractivity contribution in [2.24, 2.45) is 0 Å². The minimum absolute atomic E-state index is 0.550. The van der Waals surface area contributed by atoms with Gasteiger partial charge < -0.3 is 5.32 Å². The zero-order valence-corrected chi connectivity index (χ0v) is 11.0. The number of hydrogen-bond donors (Lipinski definition) is 1. The average molecular weight is 242 g/mol. The third kappa shape index (κ3) is 3.20. The standard InChI is InChI=1S/C11H18N2S2/c1-8(11-13-6-9(2)15-11)5-12-10-3-4-14-7-10/h6,8,10,12H,3-5,7H2,1-2H3. The summed E-state index contributed by atoms with van der Waals surface area (Å²) >= 11 is 3.88. The lowest BCUT2D eigenvalue weighted by molar-refractivity contribution is 0.525. The number of rotatable bonds is 4. The van der Waals surface area contributed by atoms with Crippen LogP contribution in [-0.2, 0) is 0 Å². The van der Waals surface area contributed by atoms with Gasteiger partial charge in [-0.25, -0.2) is 4.98 Å². The predicted molar refractivity (Wildman–Crippen MR) is 69.0 cm³/mol. The molecule has 2 nitrogen and oxygen atoms in total. The van der Waals surface area contributed by atoms with Gasteiger partial charge in [0.15, 0.2) is 0 Å². The van der Waals surface area contributed by atoms with Gasteiger partial charge in [-0.15, -0.1) is 11.3 Å². The van der Waals surface area contributed by atoms with Crippen LogP contribution in [0.15, 0.2) is 6.20 Å². The Balaban J connectivity index is 1.79. The molecule has 2 rings (SSSR count). The summed E-state index contributed by atoms with van der Waals surface area (Å²) in [6, 6.07) is 0.735. The predicted octanol–water partition coefficient (Wildman–Crippen LogP) is 2.65. The number of aromatic nitrogens is 1. The van der Waals surface area contributed by atoms with Gasteiger partial charge in [0.25, 0.3) is 0 Å². The molecular weight excluding hydrogens is 224 g/mol. The molecule has 84 valence electrons. The van der Waals surface area contributed by atoms with Gasteiger partial charge in [0.2, 0.25) is 0 Å². The summed E-state index contributed by atoms with van der Waals surface area (Å²) in [4.78, 5) is 5.75. The lowest BCUT2D eigenvalue weighted by Gasteiger charge is -2.14. The molecule has 0 bridgehead atoms. The summed E-state index contributed by atoms with van der Waals surface area (Å²) < 4.78 is 0. The van der Waals surface area contributed by atoms with E-state index in [1.807, 2.05) is 17.5 Å². The van der Waals surface area contributed by atoms with Gasteiger partial charge in [-0.2, -0.15) is 11.8 Å². The van der Waals surface area contributed by atoms with E-state index in [9.17, 15) is 0 Å². The molecule has 1 saturated heterocycles. The minimum atomic E-state index is 0.550. The molecule has 0 aromatic carbocycles. The summed E-state index contributed by atoms with van der Waals surface area (Å²) in [5.41, 5.74) is 0. The molecule has 2 atom stereocenters.